The highest BCUT2D eigenvalue weighted by Crippen LogP contribution is 2.19. The van der Waals surface area contributed by atoms with Gasteiger partial charge in [0, 0.05) is 38.1 Å². The van der Waals surface area contributed by atoms with Crippen LogP contribution in [0.3, 0.4) is 0 Å². The number of nitrogens with zero attached hydrogens (tertiary/aromatic N) is 4. The third kappa shape index (κ3) is 4.81. The fraction of sp³-hybridized carbons (Fsp3) is 0.250. The molecule has 0 atom stereocenters. The molecule has 0 aliphatic carbocycles. The maximum Gasteiger partial charge on any atom is 0.279 e. The Morgan fingerprint density at radius 3 is 2.31 bits per heavy atom. The fourth-order valence-corrected chi connectivity index (χ4v) is 4.56. The molecule has 1 fully saturated rings. The summed E-state index contributed by atoms with van der Waals surface area (Å²) in [6.07, 6.45) is 0.873. The molecule has 7 heteroatoms. The Bertz CT molecular complexity index is 1380. The summed E-state index contributed by atoms with van der Waals surface area (Å²) in [5.41, 5.74) is 1.93. The van der Waals surface area contributed by atoms with Crippen LogP contribution in [0.15, 0.2) is 83.7 Å². The minimum Gasteiger partial charge on any atom is -0.497 e. The first-order valence-electron chi connectivity index (χ1n) is 11.9. The van der Waals surface area contributed by atoms with Crippen LogP contribution in [-0.2, 0) is 6.54 Å². The van der Waals surface area contributed by atoms with Gasteiger partial charge in [0.2, 0.25) is 0 Å². The van der Waals surface area contributed by atoms with E-state index in [4.69, 9.17) is 4.74 Å². The molecule has 3 aromatic carbocycles. The van der Waals surface area contributed by atoms with Gasteiger partial charge in [0.05, 0.1) is 18.2 Å². The van der Waals surface area contributed by atoms with Crippen LogP contribution in [-0.4, -0.2) is 58.8 Å². The Morgan fingerprint density at radius 2 is 1.57 bits per heavy atom. The van der Waals surface area contributed by atoms with Gasteiger partial charge in [-0.2, -0.15) is 9.78 Å². The second-order valence-electron chi connectivity index (χ2n) is 8.72. The van der Waals surface area contributed by atoms with Crippen molar-refractivity contribution in [2.45, 2.75) is 13.0 Å². The number of carbonyl (C=O) groups excluding carboxylic acids is 1. The first-order chi connectivity index (χ1) is 17.1. The number of para-hydroxylation sites is 1. The van der Waals surface area contributed by atoms with Crippen LogP contribution >= 0.6 is 0 Å². The smallest absolute Gasteiger partial charge is 0.279 e. The molecular formula is C28H28N4O3. The van der Waals surface area contributed by atoms with E-state index in [1.54, 1.807) is 19.2 Å². The van der Waals surface area contributed by atoms with Crippen molar-refractivity contribution in [3.63, 3.8) is 0 Å². The maximum absolute atomic E-state index is 13.7. The van der Waals surface area contributed by atoms with Crippen molar-refractivity contribution >= 4 is 16.7 Å². The van der Waals surface area contributed by atoms with E-state index in [1.165, 1.54) is 10.2 Å². The molecule has 5 rings (SSSR count). The standard InChI is InChI=1S/C28H28N4O3/c1-35-23-14-12-21(13-15-23)20-30-16-7-17-31(19-18-30)28(34)26-24-10-5-6-11-25(24)27(33)32(29-26)22-8-3-2-4-9-22/h2-6,8-15H,7,16-20H2,1H3. The van der Waals surface area contributed by atoms with Gasteiger partial charge in [-0.05, 0) is 42.3 Å². The van der Waals surface area contributed by atoms with Gasteiger partial charge in [-0.3, -0.25) is 14.5 Å². The van der Waals surface area contributed by atoms with E-state index >= 15 is 0 Å². The van der Waals surface area contributed by atoms with Crippen molar-refractivity contribution in [2.24, 2.45) is 0 Å². The van der Waals surface area contributed by atoms with Crippen LogP contribution in [0.5, 0.6) is 5.75 Å². The number of fused-ring (bicyclic) bond motifs is 1. The average molecular weight is 469 g/mol. The quantitative estimate of drug-likeness (QED) is 0.446. The minimum absolute atomic E-state index is 0.142. The van der Waals surface area contributed by atoms with Crippen molar-refractivity contribution < 1.29 is 9.53 Å². The van der Waals surface area contributed by atoms with Gasteiger partial charge in [-0.25, -0.2) is 0 Å². The molecule has 4 aromatic rings. The lowest BCUT2D eigenvalue weighted by Crippen LogP contribution is -2.37. The number of benzene rings is 3. The molecule has 35 heavy (non-hydrogen) atoms. The predicted molar refractivity (Wildman–Crippen MR) is 136 cm³/mol. The highest BCUT2D eigenvalue weighted by molar-refractivity contribution is 6.04. The zero-order valence-corrected chi connectivity index (χ0v) is 19.8. The number of rotatable bonds is 5. The van der Waals surface area contributed by atoms with E-state index in [2.05, 4.69) is 22.1 Å². The van der Waals surface area contributed by atoms with E-state index < -0.39 is 0 Å². The van der Waals surface area contributed by atoms with Crippen molar-refractivity contribution in [1.82, 2.24) is 19.6 Å². The summed E-state index contributed by atoms with van der Waals surface area (Å²) >= 11 is 0. The molecule has 7 nitrogen and oxygen atoms in total. The van der Waals surface area contributed by atoms with E-state index in [0.717, 1.165) is 31.8 Å². The topological polar surface area (TPSA) is 67.7 Å². The molecule has 178 valence electrons. The molecule has 1 amide bonds. The molecule has 1 aliphatic heterocycles. The van der Waals surface area contributed by atoms with E-state index in [9.17, 15) is 9.59 Å². The maximum atomic E-state index is 13.7. The Morgan fingerprint density at radius 1 is 0.857 bits per heavy atom. The molecule has 1 saturated heterocycles. The third-order valence-electron chi connectivity index (χ3n) is 6.45. The van der Waals surface area contributed by atoms with E-state index in [0.29, 0.717) is 35.2 Å². The molecule has 0 unspecified atom stereocenters. The zero-order valence-electron chi connectivity index (χ0n) is 19.8. The highest BCUT2D eigenvalue weighted by atomic mass is 16.5. The predicted octanol–water partition coefficient (Wildman–Crippen LogP) is 3.74. The fourth-order valence-electron chi connectivity index (χ4n) is 4.56. The number of amides is 1. The largest absolute Gasteiger partial charge is 0.497 e. The van der Waals surface area contributed by atoms with Crippen molar-refractivity contribution in [3.05, 3.63) is 100 Å². The van der Waals surface area contributed by atoms with Gasteiger partial charge in [0.1, 0.15) is 5.75 Å². The van der Waals surface area contributed by atoms with Gasteiger partial charge >= 0.3 is 0 Å². The van der Waals surface area contributed by atoms with E-state index in [1.807, 2.05) is 59.5 Å². The van der Waals surface area contributed by atoms with Gasteiger partial charge in [0.25, 0.3) is 11.5 Å². The minimum atomic E-state index is -0.232. The summed E-state index contributed by atoms with van der Waals surface area (Å²) in [5.74, 6) is 0.704. The van der Waals surface area contributed by atoms with Gasteiger partial charge in [-0.15, -0.1) is 0 Å². The second kappa shape index (κ2) is 10.1. The molecule has 0 saturated carbocycles. The number of methoxy groups -OCH3 is 1. The Hall–Kier alpha value is -3.97. The van der Waals surface area contributed by atoms with Crippen LogP contribution < -0.4 is 10.3 Å². The molecular weight excluding hydrogens is 440 g/mol. The van der Waals surface area contributed by atoms with Crippen LogP contribution in [0.2, 0.25) is 0 Å². The number of ether oxygens (including phenoxy) is 1. The first kappa shape index (κ1) is 22.8. The number of carbonyl (C=O) groups is 1. The van der Waals surface area contributed by atoms with E-state index in [-0.39, 0.29) is 11.5 Å². The lowest BCUT2D eigenvalue weighted by molar-refractivity contribution is 0.0755. The molecule has 1 aliphatic rings. The summed E-state index contributed by atoms with van der Waals surface area (Å²) in [4.78, 5) is 31.1. The lowest BCUT2D eigenvalue weighted by atomic mass is 10.1. The zero-order chi connectivity index (χ0) is 24.2. The molecule has 2 heterocycles. The summed E-state index contributed by atoms with van der Waals surface area (Å²) in [6.45, 7) is 3.77. The number of aromatic nitrogens is 2. The molecule has 0 N–H and O–H groups in total. The van der Waals surface area contributed by atoms with Crippen LogP contribution in [0.4, 0.5) is 0 Å². The molecule has 0 radical (unpaired) electrons. The summed E-state index contributed by atoms with van der Waals surface area (Å²) in [6, 6.07) is 24.6. The first-order valence-corrected chi connectivity index (χ1v) is 11.9. The van der Waals surface area contributed by atoms with Crippen molar-refractivity contribution in [3.8, 4) is 11.4 Å². The van der Waals surface area contributed by atoms with Gasteiger partial charge in [-0.1, -0.05) is 48.5 Å². The molecule has 0 bridgehead atoms. The van der Waals surface area contributed by atoms with Crippen molar-refractivity contribution in [1.29, 1.82) is 0 Å². The third-order valence-corrected chi connectivity index (χ3v) is 6.45. The summed E-state index contributed by atoms with van der Waals surface area (Å²) < 4.78 is 6.59. The molecule has 0 spiro atoms. The SMILES string of the molecule is COc1ccc(CN2CCCN(C(=O)c3nn(-c4ccccc4)c(=O)c4ccccc34)CC2)cc1. The monoisotopic (exact) mass is 468 g/mol. The molecule has 1 aromatic heterocycles. The summed E-state index contributed by atoms with van der Waals surface area (Å²) in [5, 5.41) is 5.65. The Kier molecular flexibility index (Phi) is 6.59. The normalized spacial score (nSPS) is 14.6. The van der Waals surface area contributed by atoms with Crippen LogP contribution in [0.25, 0.3) is 16.5 Å². The Balaban J connectivity index is 1.40. The summed E-state index contributed by atoms with van der Waals surface area (Å²) in [7, 11) is 1.67. The number of hydrogen-bond acceptors (Lipinski definition) is 5. The van der Waals surface area contributed by atoms with Crippen molar-refractivity contribution in [2.75, 3.05) is 33.3 Å². The second-order valence-corrected chi connectivity index (χ2v) is 8.72. The van der Waals surface area contributed by atoms with Crippen LogP contribution in [0, 0.1) is 0 Å². The lowest BCUT2D eigenvalue weighted by Gasteiger charge is -2.22. The average Bonchev–Trinajstić information content (AvgIpc) is 3.15. The van der Waals surface area contributed by atoms with Crippen LogP contribution in [0.1, 0.15) is 22.5 Å². The highest BCUT2D eigenvalue weighted by Gasteiger charge is 2.25. The number of hydrogen-bond donors (Lipinski definition) is 0. The van der Waals surface area contributed by atoms with Gasteiger partial charge < -0.3 is 9.64 Å². The van der Waals surface area contributed by atoms with Gasteiger partial charge in [0.15, 0.2) is 5.69 Å². The Labute approximate surface area is 204 Å².